The standard InChI is InChI=1S/C21H24F3N3O3/c1-3-4-5-7-27(2)8-6-15-9-18(19(22)10-16(15)13-28)20-25-11-17(12-26-20)30-21(23,24)14-29/h6,8-13,29H,3-5,7,14H2,1-2H3/b8-6-. The van der Waals surface area contributed by atoms with Crippen molar-refractivity contribution in [2.45, 2.75) is 32.3 Å². The molecule has 9 heteroatoms. The Hall–Kier alpha value is -2.94. The Morgan fingerprint density at radius 3 is 2.50 bits per heavy atom. The highest BCUT2D eigenvalue weighted by atomic mass is 19.3. The largest absolute Gasteiger partial charge is 0.428 e. The highest BCUT2D eigenvalue weighted by Crippen LogP contribution is 2.26. The molecule has 0 aliphatic heterocycles. The lowest BCUT2D eigenvalue weighted by Crippen LogP contribution is -2.29. The Bertz CT molecular complexity index is 874. The number of halogens is 3. The van der Waals surface area contributed by atoms with Gasteiger partial charge < -0.3 is 14.7 Å². The second kappa shape index (κ2) is 10.7. The molecule has 0 fully saturated rings. The maximum Gasteiger partial charge on any atom is 0.421 e. The summed E-state index contributed by atoms with van der Waals surface area (Å²) in [5.74, 6) is -1.16. The Labute approximate surface area is 173 Å². The first kappa shape index (κ1) is 23.3. The fraction of sp³-hybridized carbons (Fsp3) is 0.381. The number of carbonyl (C=O) groups excluding carboxylic acids is 1. The summed E-state index contributed by atoms with van der Waals surface area (Å²) in [7, 11) is 1.90. The molecule has 30 heavy (non-hydrogen) atoms. The van der Waals surface area contributed by atoms with E-state index in [1.165, 1.54) is 6.07 Å². The van der Waals surface area contributed by atoms with Gasteiger partial charge in [0.15, 0.2) is 17.9 Å². The summed E-state index contributed by atoms with van der Waals surface area (Å²) < 4.78 is 44.9. The van der Waals surface area contributed by atoms with E-state index in [0.717, 1.165) is 44.3 Å². The number of aromatic nitrogens is 2. The Kier molecular flexibility index (Phi) is 8.35. The average molecular weight is 423 g/mol. The second-order valence-corrected chi connectivity index (χ2v) is 6.72. The van der Waals surface area contributed by atoms with Crippen LogP contribution in [0.1, 0.15) is 42.1 Å². The van der Waals surface area contributed by atoms with Crippen LogP contribution in [-0.2, 0) is 0 Å². The van der Waals surface area contributed by atoms with Crippen molar-refractivity contribution in [1.29, 1.82) is 0 Å². The topological polar surface area (TPSA) is 75.6 Å². The summed E-state index contributed by atoms with van der Waals surface area (Å²) in [6, 6.07) is 2.50. The van der Waals surface area contributed by atoms with Crippen molar-refractivity contribution in [1.82, 2.24) is 14.9 Å². The Morgan fingerprint density at radius 2 is 1.90 bits per heavy atom. The molecule has 0 unspecified atom stereocenters. The van der Waals surface area contributed by atoms with Crippen LogP contribution in [-0.4, -0.2) is 52.6 Å². The zero-order valence-electron chi connectivity index (χ0n) is 16.8. The van der Waals surface area contributed by atoms with Crippen molar-refractivity contribution < 1.29 is 27.8 Å². The Morgan fingerprint density at radius 1 is 1.20 bits per heavy atom. The van der Waals surface area contributed by atoms with Gasteiger partial charge in [-0.1, -0.05) is 19.8 Å². The lowest BCUT2D eigenvalue weighted by Gasteiger charge is -2.15. The molecule has 2 aromatic rings. The molecule has 0 spiro atoms. The number of aliphatic hydroxyl groups excluding tert-OH is 1. The van der Waals surface area contributed by atoms with Crippen LogP contribution in [0.2, 0.25) is 0 Å². The van der Waals surface area contributed by atoms with Gasteiger partial charge in [0.05, 0.1) is 18.0 Å². The molecule has 0 saturated carbocycles. The lowest BCUT2D eigenvalue weighted by molar-refractivity contribution is -0.201. The predicted octanol–water partition coefficient (Wildman–Crippen LogP) is 4.15. The number of rotatable bonds is 11. The van der Waals surface area contributed by atoms with Gasteiger partial charge in [0.25, 0.3) is 0 Å². The number of aldehydes is 1. The summed E-state index contributed by atoms with van der Waals surface area (Å²) in [6.45, 7) is 1.46. The van der Waals surface area contributed by atoms with E-state index in [1.54, 1.807) is 12.3 Å². The van der Waals surface area contributed by atoms with E-state index in [1.807, 2.05) is 11.9 Å². The molecule has 0 saturated heterocycles. The van der Waals surface area contributed by atoms with Gasteiger partial charge in [-0.2, -0.15) is 8.78 Å². The van der Waals surface area contributed by atoms with Crippen LogP contribution in [0, 0.1) is 5.82 Å². The lowest BCUT2D eigenvalue weighted by atomic mass is 10.0. The molecule has 0 radical (unpaired) electrons. The molecule has 0 amide bonds. The first-order chi connectivity index (χ1) is 14.3. The number of hydrogen-bond acceptors (Lipinski definition) is 6. The summed E-state index contributed by atoms with van der Waals surface area (Å²) in [4.78, 5) is 21.0. The molecule has 0 aliphatic carbocycles. The summed E-state index contributed by atoms with van der Waals surface area (Å²) in [6.07, 6.45) is 5.43. The zero-order chi connectivity index (χ0) is 22.1. The number of benzene rings is 1. The van der Waals surface area contributed by atoms with Gasteiger partial charge in [0.2, 0.25) is 0 Å². The quantitative estimate of drug-likeness (QED) is 0.432. The SMILES string of the molecule is CCCCCN(C)/C=C\c1cc(-c2ncc(OC(F)(F)CO)cn2)c(F)cc1C=O. The van der Waals surface area contributed by atoms with E-state index in [2.05, 4.69) is 21.6 Å². The van der Waals surface area contributed by atoms with Crippen molar-refractivity contribution in [2.75, 3.05) is 20.2 Å². The molecule has 162 valence electrons. The zero-order valence-corrected chi connectivity index (χ0v) is 16.8. The first-order valence-corrected chi connectivity index (χ1v) is 9.47. The molecule has 1 aromatic carbocycles. The third kappa shape index (κ3) is 6.55. The molecule has 1 N–H and O–H groups in total. The number of hydrogen-bond donors (Lipinski definition) is 1. The van der Waals surface area contributed by atoms with Crippen molar-refractivity contribution >= 4 is 12.4 Å². The summed E-state index contributed by atoms with van der Waals surface area (Å²) >= 11 is 0. The van der Waals surface area contributed by atoms with Gasteiger partial charge in [-0.3, -0.25) is 4.79 Å². The van der Waals surface area contributed by atoms with Crippen molar-refractivity contribution in [2.24, 2.45) is 0 Å². The highest BCUT2D eigenvalue weighted by Gasteiger charge is 2.30. The molecule has 0 atom stereocenters. The number of ether oxygens (including phenoxy) is 1. The maximum absolute atomic E-state index is 14.5. The first-order valence-electron chi connectivity index (χ1n) is 9.47. The fourth-order valence-corrected chi connectivity index (χ4v) is 2.63. The van der Waals surface area contributed by atoms with Crippen LogP contribution < -0.4 is 4.74 Å². The maximum atomic E-state index is 14.5. The molecule has 1 aromatic heterocycles. The smallest absolute Gasteiger partial charge is 0.421 e. The number of aliphatic hydroxyl groups is 1. The van der Waals surface area contributed by atoms with Crippen LogP contribution in [0.25, 0.3) is 17.5 Å². The van der Waals surface area contributed by atoms with E-state index in [0.29, 0.717) is 11.8 Å². The minimum Gasteiger partial charge on any atom is -0.428 e. The van der Waals surface area contributed by atoms with Crippen LogP contribution >= 0.6 is 0 Å². The second-order valence-electron chi connectivity index (χ2n) is 6.72. The number of nitrogens with zero attached hydrogens (tertiary/aromatic N) is 3. The Balaban J connectivity index is 2.26. The van der Waals surface area contributed by atoms with Gasteiger partial charge in [0, 0.05) is 19.2 Å². The molecule has 0 aliphatic rings. The average Bonchev–Trinajstić information content (AvgIpc) is 2.73. The van der Waals surface area contributed by atoms with Crippen LogP contribution in [0.4, 0.5) is 13.2 Å². The van der Waals surface area contributed by atoms with E-state index in [4.69, 9.17) is 5.11 Å². The highest BCUT2D eigenvalue weighted by molar-refractivity contribution is 5.84. The van der Waals surface area contributed by atoms with E-state index >= 15 is 0 Å². The molecule has 2 rings (SSSR count). The molecule has 6 nitrogen and oxygen atoms in total. The van der Waals surface area contributed by atoms with Crippen molar-refractivity contribution in [3.05, 3.63) is 47.7 Å². The van der Waals surface area contributed by atoms with Crippen LogP contribution in [0.3, 0.4) is 0 Å². The van der Waals surface area contributed by atoms with Gasteiger partial charge in [-0.25, -0.2) is 14.4 Å². The molecule has 1 heterocycles. The van der Waals surface area contributed by atoms with Crippen LogP contribution in [0.15, 0.2) is 30.7 Å². The molecule has 0 bridgehead atoms. The van der Waals surface area contributed by atoms with Gasteiger partial charge in [-0.05, 0) is 36.4 Å². The van der Waals surface area contributed by atoms with Gasteiger partial charge >= 0.3 is 6.11 Å². The van der Waals surface area contributed by atoms with Crippen LogP contribution in [0.5, 0.6) is 5.75 Å². The third-order valence-corrected chi connectivity index (χ3v) is 4.24. The summed E-state index contributed by atoms with van der Waals surface area (Å²) in [5, 5.41) is 8.55. The molecular formula is C21H24F3N3O3. The normalized spacial score (nSPS) is 11.7. The molecular weight excluding hydrogens is 399 g/mol. The van der Waals surface area contributed by atoms with E-state index in [-0.39, 0.29) is 22.7 Å². The minimum absolute atomic E-state index is 0.00866. The predicted molar refractivity (Wildman–Crippen MR) is 107 cm³/mol. The van der Waals surface area contributed by atoms with E-state index in [9.17, 15) is 18.0 Å². The monoisotopic (exact) mass is 423 g/mol. The van der Waals surface area contributed by atoms with Crippen molar-refractivity contribution in [3.63, 3.8) is 0 Å². The number of alkyl halides is 2. The fourth-order valence-electron chi connectivity index (χ4n) is 2.63. The minimum atomic E-state index is -3.77. The number of carbonyl (C=O) groups is 1. The van der Waals surface area contributed by atoms with Crippen molar-refractivity contribution in [3.8, 4) is 17.1 Å². The summed E-state index contributed by atoms with van der Waals surface area (Å²) in [5.41, 5.74) is 0.644. The number of unbranched alkanes of at least 4 members (excludes halogenated alkanes) is 2. The van der Waals surface area contributed by atoms with E-state index < -0.39 is 18.5 Å². The van der Waals surface area contributed by atoms with Gasteiger partial charge in [0.1, 0.15) is 12.4 Å². The van der Waals surface area contributed by atoms with Gasteiger partial charge in [-0.15, -0.1) is 0 Å². The third-order valence-electron chi connectivity index (χ3n) is 4.24.